The van der Waals surface area contributed by atoms with E-state index in [2.05, 4.69) is 196 Å². The average Bonchev–Trinajstić information content (AvgIpc) is 3.84. The first-order chi connectivity index (χ1) is 34.9. The van der Waals surface area contributed by atoms with Crippen LogP contribution in [0, 0.1) is 47.6 Å². The third kappa shape index (κ3) is 10.8. The van der Waals surface area contributed by atoms with E-state index < -0.39 is 8.07 Å². The predicted molar refractivity (Wildman–Crippen MR) is 308 cm³/mol. The van der Waals surface area contributed by atoms with Gasteiger partial charge < -0.3 is 0 Å². The van der Waals surface area contributed by atoms with Gasteiger partial charge in [-0.3, -0.25) is 0 Å². The highest BCUT2D eigenvalue weighted by Gasteiger charge is 2.44. The van der Waals surface area contributed by atoms with Crippen LogP contribution >= 0.6 is 0 Å². The maximum absolute atomic E-state index is 6.11. The Kier molecular flexibility index (Phi) is 17.5. The second-order valence-electron chi connectivity index (χ2n) is 20.7. The lowest BCUT2D eigenvalue weighted by Gasteiger charge is -2.33. The molecule has 0 atom stereocenters. The van der Waals surface area contributed by atoms with E-state index in [1.807, 2.05) is 0 Å². The number of hydrogen-bond donors (Lipinski definition) is 0. The van der Waals surface area contributed by atoms with Crippen molar-refractivity contribution in [3.8, 4) is 69.9 Å². The van der Waals surface area contributed by atoms with Gasteiger partial charge in [0, 0.05) is 33.1 Å². The van der Waals surface area contributed by atoms with Gasteiger partial charge in [0.2, 0.25) is 0 Å². The Morgan fingerprint density at radius 2 is 0.648 bits per heavy atom. The summed E-state index contributed by atoms with van der Waals surface area (Å²) in [6, 6.07) is 49.7. The number of hydrogen-bond acceptors (Lipinski definition) is 0. The molecule has 0 saturated heterocycles. The van der Waals surface area contributed by atoms with Crippen molar-refractivity contribution in [2.45, 2.75) is 167 Å². The molecule has 360 valence electrons. The van der Waals surface area contributed by atoms with Crippen molar-refractivity contribution in [1.82, 2.24) is 0 Å². The zero-order chi connectivity index (χ0) is 49.5. The van der Waals surface area contributed by atoms with Crippen LogP contribution in [0.2, 0.25) is 0 Å². The van der Waals surface area contributed by atoms with Crippen LogP contribution in [0.3, 0.4) is 0 Å². The average molecular weight is 945 g/mol. The van der Waals surface area contributed by atoms with Crippen LogP contribution in [0.4, 0.5) is 0 Å². The van der Waals surface area contributed by atoms with E-state index in [0.29, 0.717) is 0 Å². The summed E-state index contributed by atoms with van der Waals surface area (Å²) in [6.45, 7) is 9.23. The Labute approximate surface area is 430 Å². The molecule has 2 aliphatic rings. The van der Waals surface area contributed by atoms with Gasteiger partial charge in [0.15, 0.2) is 0 Å². The molecule has 8 rings (SSSR count). The predicted octanol–water partition coefficient (Wildman–Crippen LogP) is 16.8. The van der Waals surface area contributed by atoms with Crippen molar-refractivity contribution in [2.75, 3.05) is 0 Å². The van der Waals surface area contributed by atoms with Crippen molar-refractivity contribution >= 4 is 18.4 Å². The first-order valence-corrected chi connectivity index (χ1v) is 29.6. The number of fused-ring (bicyclic) bond motifs is 6. The van der Waals surface area contributed by atoms with E-state index >= 15 is 0 Å². The van der Waals surface area contributed by atoms with Crippen molar-refractivity contribution in [1.29, 1.82) is 0 Å². The van der Waals surface area contributed by atoms with Crippen molar-refractivity contribution in [3.05, 3.63) is 178 Å². The summed E-state index contributed by atoms with van der Waals surface area (Å²) in [6.07, 6.45) is 36.5. The SMILES string of the molecule is C#Cc1ccc2c(c1)C(CCCCCC)(CCCCCC)c1cc(C#C[Si](C#Cc3ccc4c(c3)C(CCCCCC)(CCCCCC)c3cc(C#C)ccc3-4)(c3ccccc3)c3ccccc3)ccc1-2. The third-order valence-electron chi connectivity index (χ3n) is 16.1. The van der Waals surface area contributed by atoms with E-state index in [1.54, 1.807) is 0 Å². The van der Waals surface area contributed by atoms with Gasteiger partial charge in [-0.05, 0) is 129 Å². The zero-order valence-electron chi connectivity index (χ0n) is 43.5. The van der Waals surface area contributed by atoms with Crippen LogP contribution in [0.15, 0.2) is 133 Å². The van der Waals surface area contributed by atoms with Gasteiger partial charge in [-0.15, -0.1) is 12.8 Å². The molecule has 0 spiro atoms. The topological polar surface area (TPSA) is 0 Å². The standard InChI is InChI=1S/C70H76Si/c1-7-13-17-27-45-69(46-28-18-14-8-2)65-51-55(11-5)35-39-61(65)63-41-37-57(53-67(63)69)43-49-71(59-31-23-21-24-32-59,60-33-25-22-26-34-60)50-44-58-38-42-64-62-40-36-56(12-6)52-66(62)70(68(64)54-58,47-29-19-15-9-3)48-30-20-16-10-4/h5-6,21-26,31-42,51-54H,7-10,13-20,27-30,45-48H2,1-4H3. The largest absolute Gasteiger partial charge is 0.276 e. The highest BCUT2D eigenvalue weighted by molar-refractivity contribution is 7.13. The third-order valence-corrected chi connectivity index (χ3v) is 19.5. The molecular formula is C70H76Si. The Morgan fingerprint density at radius 3 is 0.944 bits per heavy atom. The highest BCUT2D eigenvalue weighted by atomic mass is 28.3. The minimum atomic E-state index is -3.07. The van der Waals surface area contributed by atoms with E-state index in [4.69, 9.17) is 12.8 Å². The summed E-state index contributed by atoms with van der Waals surface area (Å²) in [5.74, 6) is 13.8. The molecule has 0 N–H and O–H groups in total. The fourth-order valence-corrected chi connectivity index (χ4v) is 15.3. The number of unbranched alkanes of at least 4 members (excludes halogenated alkanes) is 12. The van der Waals surface area contributed by atoms with Gasteiger partial charge in [-0.1, -0.05) is 250 Å². The summed E-state index contributed by atoms with van der Waals surface area (Å²) in [5.41, 5.74) is 23.1. The molecule has 0 nitrogen and oxygen atoms in total. The molecule has 0 heterocycles. The molecule has 1 heteroatoms. The zero-order valence-corrected chi connectivity index (χ0v) is 44.5. The Hall–Kier alpha value is -6.22. The van der Waals surface area contributed by atoms with Crippen LogP contribution in [-0.2, 0) is 10.8 Å². The fourth-order valence-electron chi connectivity index (χ4n) is 12.3. The van der Waals surface area contributed by atoms with Gasteiger partial charge in [0.25, 0.3) is 8.07 Å². The van der Waals surface area contributed by atoms with Crippen molar-refractivity contribution in [3.63, 3.8) is 0 Å². The second kappa shape index (κ2) is 24.3. The van der Waals surface area contributed by atoms with Gasteiger partial charge in [-0.2, -0.15) is 0 Å². The maximum atomic E-state index is 6.11. The summed E-state index contributed by atoms with van der Waals surface area (Å²) < 4.78 is 0. The molecule has 0 aromatic heterocycles. The van der Waals surface area contributed by atoms with E-state index in [0.717, 1.165) is 47.9 Å². The molecule has 0 saturated carbocycles. The summed E-state index contributed by atoms with van der Waals surface area (Å²) in [7, 11) is -3.07. The summed E-state index contributed by atoms with van der Waals surface area (Å²) >= 11 is 0. The van der Waals surface area contributed by atoms with Crippen LogP contribution in [0.25, 0.3) is 22.3 Å². The van der Waals surface area contributed by atoms with Crippen LogP contribution in [0.5, 0.6) is 0 Å². The van der Waals surface area contributed by atoms with Gasteiger partial charge in [0.1, 0.15) is 0 Å². The monoisotopic (exact) mass is 945 g/mol. The molecule has 0 radical (unpaired) electrons. The normalized spacial score (nSPS) is 13.3. The minimum absolute atomic E-state index is 0.0965. The van der Waals surface area contributed by atoms with Gasteiger partial charge >= 0.3 is 0 Å². The lowest BCUT2D eigenvalue weighted by Crippen LogP contribution is -2.57. The molecule has 0 unspecified atom stereocenters. The Morgan fingerprint density at radius 1 is 0.352 bits per heavy atom. The number of benzene rings is 6. The smallest absolute Gasteiger partial charge is 0.115 e. The quantitative estimate of drug-likeness (QED) is 0.0361. The molecule has 0 amide bonds. The Balaban J connectivity index is 1.28. The molecule has 71 heavy (non-hydrogen) atoms. The van der Waals surface area contributed by atoms with Gasteiger partial charge in [0.05, 0.1) is 0 Å². The lowest BCUT2D eigenvalue weighted by molar-refractivity contribution is 0.401. The molecule has 6 aromatic rings. The lowest BCUT2D eigenvalue weighted by atomic mass is 9.70. The fraction of sp³-hybridized carbons (Fsp3) is 0.371. The molecule has 2 aliphatic carbocycles. The molecular weight excluding hydrogens is 869 g/mol. The minimum Gasteiger partial charge on any atom is -0.115 e. The van der Waals surface area contributed by atoms with Gasteiger partial charge in [-0.25, -0.2) is 0 Å². The van der Waals surface area contributed by atoms with E-state index in [9.17, 15) is 0 Å². The van der Waals surface area contributed by atoms with Crippen LogP contribution in [-0.4, -0.2) is 8.07 Å². The highest BCUT2D eigenvalue weighted by Crippen LogP contribution is 2.56. The summed E-state index contributed by atoms with van der Waals surface area (Å²) in [4.78, 5) is 0. The number of terminal acetylenes is 2. The van der Waals surface area contributed by atoms with Crippen molar-refractivity contribution in [2.24, 2.45) is 0 Å². The first kappa shape index (κ1) is 51.1. The molecule has 0 bridgehead atoms. The number of rotatable bonds is 22. The van der Waals surface area contributed by atoms with Crippen molar-refractivity contribution < 1.29 is 0 Å². The maximum Gasteiger partial charge on any atom is 0.276 e. The molecule has 0 fully saturated rings. The molecule has 0 aliphatic heterocycles. The van der Waals surface area contributed by atoms with Crippen LogP contribution in [0.1, 0.15) is 201 Å². The van der Waals surface area contributed by atoms with E-state index in [1.165, 1.54) is 158 Å². The first-order valence-electron chi connectivity index (χ1n) is 27.6. The second-order valence-corrected chi connectivity index (χ2v) is 23.9. The Bertz CT molecular complexity index is 2740. The van der Waals surface area contributed by atoms with Crippen LogP contribution < -0.4 is 10.4 Å². The molecule has 6 aromatic carbocycles. The van der Waals surface area contributed by atoms with E-state index in [-0.39, 0.29) is 10.8 Å². The summed E-state index contributed by atoms with van der Waals surface area (Å²) in [5, 5.41) is 2.42.